The van der Waals surface area contributed by atoms with Gasteiger partial charge >= 0.3 is 0 Å². The Labute approximate surface area is 191 Å². The molecule has 4 rings (SSSR count). The van der Waals surface area contributed by atoms with Crippen LogP contribution in [-0.4, -0.2) is 67.2 Å². The van der Waals surface area contributed by atoms with Gasteiger partial charge in [0.15, 0.2) is 0 Å². The van der Waals surface area contributed by atoms with Crippen LogP contribution in [-0.2, 0) is 5.41 Å². The van der Waals surface area contributed by atoms with Crippen molar-refractivity contribution in [2.75, 3.05) is 50.5 Å². The Morgan fingerprint density at radius 3 is 2.28 bits per heavy atom. The van der Waals surface area contributed by atoms with Crippen molar-refractivity contribution in [1.29, 1.82) is 0 Å². The van der Waals surface area contributed by atoms with Crippen LogP contribution in [0.3, 0.4) is 0 Å². The number of aromatic nitrogens is 1. The lowest BCUT2D eigenvalue weighted by Crippen LogP contribution is -2.57. The molecule has 0 aliphatic carbocycles. The van der Waals surface area contributed by atoms with Gasteiger partial charge in [-0.3, -0.25) is 5.32 Å². The van der Waals surface area contributed by atoms with E-state index in [0.29, 0.717) is 0 Å². The fourth-order valence-corrected chi connectivity index (χ4v) is 4.31. The number of anilines is 2. The van der Waals surface area contributed by atoms with Crippen molar-refractivity contribution >= 4 is 17.5 Å². The Hall–Kier alpha value is -3.06. The smallest absolute Gasteiger partial charge is 0.204 e. The van der Waals surface area contributed by atoms with Gasteiger partial charge in [-0.25, -0.2) is 4.98 Å². The second-order valence-electron chi connectivity index (χ2n) is 9.39. The summed E-state index contributed by atoms with van der Waals surface area (Å²) in [6.07, 6.45) is 4.07. The third-order valence-electron chi connectivity index (χ3n) is 6.10. The molecule has 1 aromatic heterocycles. The highest BCUT2D eigenvalue weighted by molar-refractivity contribution is 5.83. The van der Waals surface area contributed by atoms with Gasteiger partial charge in [-0.1, -0.05) is 45.0 Å². The average molecular weight is 434 g/mol. The van der Waals surface area contributed by atoms with E-state index in [-0.39, 0.29) is 11.6 Å². The summed E-state index contributed by atoms with van der Waals surface area (Å²) >= 11 is 0. The molecule has 1 saturated heterocycles. The van der Waals surface area contributed by atoms with Crippen molar-refractivity contribution in [3.05, 3.63) is 66.1 Å². The van der Waals surface area contributed by atoms with Crippen LogP contribution in [0.1, 0.15) is 26.3 Å². The number of piperazine rings is 1. The number of nitrogens with zero attached hydrogens (tertiary/aromatic N) is 5. The molecule has 2 aliphatic heterocycles. The standard InChI is InChI=1S/C25H35N7/c1-25(2,3)19-10-6-7-11-20(19)28-21-18-23(26-4)30(5)24(29-21)32-16-14-31(15-17-32)22-12-8-9-13-27-22/h6-13,18,23,26,28H,14-17H2,1-5H3. The molecule has 32 heavy (non-hydrogen) atoms. The van der Waals surface area contributed by atoms with Crippen molar-refractivity contribution < 1.29 is 0 Å². The van der Waals surface area contributed by atoms with Gasteiger partial charge in [-0.2, -0.15) is 4.99 Å². The average Bonchev–Trinajstić information content (AvgIpc) is 2.80. The number of hydrogen-bond acceptors (Lipinski definition) is 7. The van der Waals surface area contributed by atoms with E-state index in [1.807, 2.05) is 25.4 Å². The summed E-state index contributed by atoms with van der Waals surface area (Å²) in [5.74, 6) is 2.91. The summed E-state index contributed by atoms with van der Waals surface area (Å²) in [5, 5.41) is 7.00. The minimum absolute atomic E-state index is 0.0480. The van der Waals surface area contributed by atoms with Crippen LogP contribution in [0, 0.1) is 0 Å². The summed E-state index contributed by atoms with van der Waals surface area (Å²) in [5.41, 5.74) is 2.43. The van der Waals surface area contributed by atoms with Crippen molar-refractivity contribution in [3.8, 4) is 0 Å². The van der Waals surface area contributed by atoms with Gasteiger partial charge in [-0.15, -0.1) is 0 Å². The molecule has 0 radical (unpaired) electrons. The van der Waals surface area contributed by atoms with Crippen LogP contribution in [0.15, 0.2) is 65.6 Å². The molecule has 2 aromatic rings. The molecule has 0 amide bonds. The van der Waals surface area contributed by atoms with E-state index < -0.39 is 0 Å². The van der Waals surface area contributed by atoms with Gasteiger partial charge in [0, 0.05) is 45.1 Å². The Balaban J connectivity index is 1.54. The third kappa shape index (κ3) is 4.72. The van der Waals surface area contributed by atoms with Gasteiger partial charge in [0.1, 0.15) is 17.8 Å². The van der Waals surface area contributed by atoms with Gasteiger partial charge in [0.25, 0.3) is 0 Å². The highest BCUT2D eigenvalue weighted by Crippen LogP contribution is 2.30. The first-order valence-electron chi connectivity index (χ1n) is 11.3. The van der Waals surface area contributed by atoms with Crippen molar-refractivity contribution in [3.63, 3.8) is 0 Å². The topological polar surface area (TPSA) is 59.0 Å². The molecular weight excluding hydrogens is 398 g/mol. The van der Waals surface area contributed by atoms with Crippen molar-refractivity contribution in [1.82, 2.24) is 20.1 Å². The first kappa shape index (κ1) is 22.1. The number of likely N-dealkylation sites (N-methyl/N-ethyl adjacent to an activating group) is 2. The molecule has 170 valence electrons. The van der Waals surface area contributed by atoms with Gasteiger partial charge < -0.3 is 20.0 Å². The molecule has 2 aliphatic rings. The van der Waals surface area contributed by atoms with E-state index in [2.05, 4.69) is 94.5 Å². The molecular formula is C25H35N7. The second-order valence-corrected chi connectivity index (χ2v) is 9.39. The quantitative estimate of drug-likeness (QED) is 0.772. The highest BCUT2D eigenvalue weighted by Gasteiger charge is 2.29. The molecule has 7 nitrogen and oxygen atoms in total. The number of guanidine groups is 1. The molecule has 1 unspecified atom stereocenters. The predicted octanol–water partition coefficient (Wildman–Crippen LogP) is 3.30. The summed E-state index contributed by atoms with van der Waals surface area (Å²) in [6, 6.07) is 14.6. The minimum Gasteiger partial charge on any atom is -0.353 e. The maximum Gasteiger partial charge on any atom is 0.204 e. The predicted molar refractivity (Wildman–Crippen MR) is 133 cm³/mol. The number of aliphatic imine (C=N–C) groups is 1. The van der Waals surface area contributed by atoms with E-state index in [4.69, 9.17) is 4.99 Å². The number of benzene rings is 1. The van der Waals surface area contributed by atoms with E-state index >= 15 is 0 Å². The third-order valence-corrected chi connectivity index (χ3v) is 6.10. The van der Waals surface area contributed by atoms with E-state index in [0.717, 1.165) is 49.5 Å². The summed E-state index contributed by atoms with van der Waals surface area (Å²) in [6.45, 7) is 10.4. The van der Waals surface area contributed by atoms with E-state index in [1.54, 1.807) is 0 Å². The fraction of sp³-hybridized carbons (Fsp3) is 0.440. The molecule has 0 saturated carbocycles. The zero-order chi connectivity index (χ0) is 22.7. The van der Waals surface area contributed by atoms with Crippen LogP contribution in [0.4, 0.5) is 11.5 Å². The van der Waals surface area contributed by atoms with Crippen LogP contribution in [0.5, 0.6) is 0 Å². The van der Waals surface area contributed by atoms with Gasteiger partial charge in [-0.05, 0) is 42.3 Å². The lowest BCUT2D eigenvalue weighted by molar-refractivity contribution is 0.284. The zero-order valence-corrected chi connectivity index (χ0v) is 19.8. The molecule has 3 heterocycles. The van der Waals surface area contributed by atoms with E-state index in [9.17, 15) is 0 Å². The summed E-state index contributed by atoms with van der Waals surface area (Å²) in [7, 11) is 4.09. The largest absolute Gasteiger partial charge is 0.353 e. The first-order valence-corrected chi connectivity index (χ1v) is 11.3. The molecule has 1 aromatic carbocycles. The minimum atomic E-state index is 0.0480. The maximum absolute atomic E-state index is 5.05. The Morgan fingerprint density at radius 2 is 1.62 bits per heavy atom. The molecule has 0 bridgehead atoms. The molecule has 1 fully saturated rings. The fourth-order valence-electron chi connectivity index (χ4n) is 4.31. The highest BCUT2D eigenvalue weighted by atomic mass is 15.4. The number of hydrogen-bond donors (Lipinski definition) is 2. The number of pyridine rings is 1. The number of nitrogens with one attached hydrogen (secondary N) is 2. The Morgan fingerprint density at radius 1 is 0.938 bits per heavy atom. The van der Waals surface area contributed by atoms with Gasteiger partial charge in [0.05, 0.1) is 0 Å². The number of rotatable bonds is 4. The zero-order valence-electron chi connectivity index (χ0n) is 19.8. The van der Waals surface area contributed by atoms with Crippen molar-refractivity contribution in [2.45, 2.75) is 32.4 Å². The second kappa shape index (κ2) is 9.20. The number of para-hydroxylation sites is 1. The van der Waals surface area contributed by atoms with Crippen LogP contribution in [0.2, 0.25) is 0 Å². The monoisotopic (exact) mass is 433 g/mol. The Bertz CT molecular complexity index is 969. The van der Waals surface area contributed by atoms with Gasteiger partial charge in [0.2, 0.25) is 5.96 Å². The van der Waals surface area contributed by atoms with Crippen molar-refractivity contribution in [2.24, 2.45) is 4.99 Å². The van der Waals surface area contributed by atoms with Crippen LogP contribution >= 0.6 is 0 Å². The van der Waals surface area contributed by atoms with Crippen LogP contribution < -0.4 is 15.5 Å². The molecule has 7 heteroatoms. The SMILES string of the molecule is CNC1C=C(Nc2ccccc2C(C)(C)C)N=C(N2CCN(c3ccccn3)CC2)N1C. The maximum atomic E-state index is 5.05. The Kier molecular flexibility index (Phi) is 6.37. The van der Waals surface area contributed by atoms with Crippen LogP contribution in [0.25, 0.3) is 0 Å². The van der Waals surface area contributed by atoms with E-state index in [1.165, 1.54) is 5.56 Å². The lowest BCUT2D eigenvalue weighted by atomic mass is 9.86. The summed E-state index contributed by atoms with van der Waals surface area (Å²) < 4.78 is 0. The molecule has 0 spiro atoms. The first-order chi connectivity index (χ1) is 15.4. The molecule has 2 N–H and O–H groups in total. The lowest BCUT2D eigenvalue weighted by Gasteiger charge is -2.42. The summed E-state index contributed by atoms with van der Waals surface area (Å²) in [4.78, 5) is 16.5. The normalized spacial score (nSPS) is 19.5. The molecule has 1 atom stereocenters.